The first-order valence-electron chi connectivity index (χ1n) is 7.93. The van der Waals surface area contributed by atoms with E-state index in [1.54, 1.807) is 0 Å². The maximum Gasteiger partial charge on any atom is 0.330 e. The Balaban J connectivity index is 1.75. The van der Waals surface area contributed by atoms with Crippen molar-refractivity contribution < 1.29 is 14.3 Å². The second kappa shape index (κ2) is 9.30. The quantitative estimate of drug-likeness (QED) is 0.459. The predicted molar refractivity (Wildman–Crippen MR) is 94.6 cm³/mol. The number of ether oxygens (including phenoxy) is 1. The number of amides is 1. The first kappa shape index (κ1) is 17.5. The molecule has 0 bridgehead atoms. The van der Waals surface area contributed by atoms with Crippen LogP contribution in [0.3, 0.4) is 0 Å². The topological polar surface area (TPSA) is 55.4 Å². The standard InChI is InChI=1S/C20H21NO3/c1-2-19(22)24-15-7-6-14-21-20(23)18-12-10-17(11-13-18)16-8-4-3-5-9-16/h2-5,8-13H,1,6-7,14-15H2,(H,21,23). The molecule has 4 heteroatoms. The lowest BCUT2D eigenvalue weighted by Crippen LogP contribution is -2.24. The van der Waals surface area contributed by atoms with Crippen LogP contribution in [0.1, 0.15) is 23.2 Å². The van der Waals surface area contributed by atoms with Crippen molar-refractivity contribution in [1.82, 2.24) is 5.32 Å². The predicted octanol–water partition coefficient (Wildman–Crippen LogP) is 3.59. The zero-order valence-electron chi connectivity index (χ0n) is 13.5. The summed E-state index contributed by atoms with van der Waals surface area (Å²) in [6.45, 7) is 4.21. The minimum atomic E-state index is -0.419. The first-order chi connectivity index (χ1) is 11.7. The molecule has 0 aliphatic rings. The molecule has 0 aromatic heterocycles. The van der Waals surface area contributed by atoms with E-state index in [2.05, 4.69) is 11.9 Å². The summed E-state index contributed by atoms with van der Waals surface area (Å²) in [5.41, 5.74) is 2.84. The highest BCUT2D eigenvalue weighted by molar-refractivity contribution is 5.94. The number of hydrogen-bond donors (Lipinski definition) is 1. The Bertz CT molecular complexity index is 678. The van der Waals surface area contributed by atoms with Crippen LogP contribution in [0.5, 0.6) is 0 Å². The Hall–Kier alpha value is -2.88. The summed E-state index contributed by atoms with van der Waals surface area (Å²) in [6, 6.07) is 17.6. The third kappa shape index (κ3) is 5.39. The zero-order valence-corrected chi connectivity index (χ0v) is 13.5. The smallest absolute Gasteiger partial charge is 0.330 e. The van der Waals surface area contributed by atoms with Crippen LogP contribution in [0.2, 0.25) is 0 Å². The van der Waals surface area contributed by atoms with Gasteiger partial charge in [0.2, 0.25) is 0 Å². The van der Waals surface area contributed by atoms with Gasteiger partial charge in [-0.25, -0.2) is 4.79 Å². The molecule has 0 saturated carbocycles. The molecule has 2 aromatic rings. The molecule has 4 nitrogen and oxygen atoms in total. The molecule has 0 aliphatic heterocycles. The Morgan fingerprint density at radius 1 is 0.958 bits per heavy atom. The maximum atomic E-state index is 12.1. The largest absolute Gasteiger partial charge is 0.463 e. The summed E-state index contributed by atoms with van der Waals surface area (Å²) in [5.74, 6) is -0.518. The summed E-state index contributed by atoms with van der Waals surface area (Å²) in [5, 5.41) is 2.86. The summed E-state index contributed by atoms with van der Waals surface area (Å²) in [4.78, 5) is 22.9. The Morgan fingerprint density at radius 2 is 1.62 bits per heavy atom. The number of hydrogen-bond acceptors (Lipinski definition) is 3. The fourth-order valence-corrected chi connectivity index (χ4v) is 2.21. The van der Waals surface area contributed by atoms with Crippen LogP contribution in [0.15, 0.2) is 67.3 Å². The lowest BCUT2D eigenvalue weighted by molar-refractivity contribution is -0.137. The third-order valence-electron chi connectivity index (χ3n) is 3.52. The van der Waals surface area contributed by atoms with Gasteiger partial charge in [0.15, 0.2) is 0 Å². The molecule has 2 aromatic carbocycles. The molecule has 2 rings (SSSR count). The second-order valence-electron chi connectivity index (χ2n) is 5.28. The number of esters is 1. The Kier molecular flexibility index (Phi) is 6.77. The molecule has 1 amide bonds. The van der Waals surface area contributed by atoms with Crippen LogP contribution in [0.25, 0.3) is 11.1 Å². The lowest BCUT2D eigenvalue weighted by atomic mass is 10.0. The highest BCUT2D eigenvalue weighted by Crippen LogP contribution is 2.19. The number of unbranched alkanes of at least 4 members (excludes halogenated alkanes) is 1. The Morgan fingerprint density at radius 3 is 2.29 bits per heavy atom. The van der Waals surface area contributed by atoms with E-state index >= 15 is 0 Å². The molecule has 0 spiro atoms. The number of nitrogens with one attached hydrogen (secondary N) is 1. The van der Waals surface area contributed by atoms with Gasteiger partial charge in [0, 0.05) is 18.2 Å². The molecule has 0 unspecified atom stereocenters. The second-order valence-corrected chi connectivity index (χ2v) is 5.28. The van der Waals surface area contributed by atoms with E-state index in [0.717, 1.165) is 23.6 Å². The van der Waals surface area contributed by atoms with Crippen molar-refractivity contribution in [3.63, 3.8) is 0 Å². The van der Waals surface area contributed by atoms with Gasteiger partial charge in [-0.2, -0.15) is 0 Å². The van der Waals surface area contributed by atoms with E-state index in [9.17, 15) is 9.59 Å². The molecule has 0 radical (unpaired) electrons. The number of carbonyl (C=O) groups is 2. The first-order valence-corrected chi connectivity index (χ1v) is 7.93. The van der Waals surface area contributed by atoms with Gasteiger partial charge in [-0.05, 0) is 36.1 Å². The molecule has 0 aliphatic carbocycles. The molecular formula is C20H21NO3. The van der Waals surface area contributed by atoms with Gasteiger partial charge >= 0.3 is 5.97 Å². The Labute approximate surface area is 142 Å². The monoisotopic (exact) mass is 323 g/mol. The maximum absolute atomic E-state index is 12.1. The van der Waals surface area contributed by atoms with Gasteiger partial charge in [0.1, 0.15) is 0 Å². The van der Waals surface area contributed by atoms with E-state index in [-0.39, 0.29) is 5.91 Å². The van der Waals surface area contributed by atoms with E-state index < -0.39 is 5.97 Å². The van der Waals surface area contributed by atoms with E-state index in [1.165, 1.54) is 0 Å². The van der Waals surface area contributed by atoms with Gasteiger partial charge in [-0.15, -0.1) is 0 Å². The fraction of sp³-hybridized carbons (Fsp3) is 0.200. The van der Waals surface area contributed by atoms with E-state index in [1.807, 2.05) is 54.6 Å². The molecule has 0 fully saturated rings. The lowest BCUT2D eigenvalue weighted by Gasteiger charge is -2.07. The van der Waals surface area contributed by atoms with Gasteiger partial charge < -0.3 is 10.1 Å². The van der Waals surface area contributed by atoms with Gasteiger partial charge in [-0.3, -0.25) is 4.79 Å². The molecule has 24 heavy (non-hydrogen) atoms. The van der Waals surface area contributed by atoms with Crippen molar-refractivity contribution in [1.29, 1.82) is 0 Å². The van der Waals surface area contributed by atoms with Crippen LogP contribution in [0, 0.1) is 0 Å². The van der Waals surface area contributed by atoms with Gasteiger partial charge in [0.25, 0.3) is 5.91 Å². The van der Waals surface area contributed by atoms with E-state index in [0.29, 0.717) is 25.1 Å². The van der Waals surface area contributed by atoms with Crippen molar-refractivity contribution in [2.75, 3.05) is 13.2 Å². The minimum absolute atomic E-state index is 0.0994. The van der Waals surface area contributed by atoms with Crippen LogP contribution < -0.4 is 5.32 Å². The van der Waals surface area contributed by atoms with Crippen molar-refractivity contribution in [3.8, 4) is 11.1 Å². The summed E-state index contributed by atoms with van der Waals surface area (Å²) in [7, 11) is 0. The SMILES string of the molecule is C=CC(=O)OCCCCNC(=O)c1ccc(-c2ccccc2)cc1. The third-order valence-corrected chi connectivity index (χ3v) is 3.52. The van der Waals surface area contributed by atoms with Crippen LogP contribution in [-0.4, -0.2) is 25.0 Å². The molecule has 0 saturated heterocycles. The molecule has 0 heterocycles. The van der Waals surface area contributed by atoms with Gasteiger partial charge in [0.05, 0.1) is 6.61 Å². The van der Waals surface area contributed by atoms with Crippen LogP contribution in [-0.2, 0) is 9.53 Å². The summed E-state index contributed by atoms with van der Waals surface area (Å²) >= 11 is 0. The highest BCUT2D eigenvalue weighted by Gasteiger charge is 2.05. The number of carbonyl (C=O) groups excluding carboxylic acids is 2. The van der Waals surface area contributed by atoms with Crippen molar-refractivity contribution in [2.24, 2.45) is 0 Å². The normalized spacial score (nSPS) is 10.0. The fourth-order valence-electron chi connectivity index (χ4n) is 2.21. The molecule has 0 atom stereocenters. The van der Waals surface area contributed by atoms with Crippen molar-refractivity contribution >= 4 is 11.9 Å². The summed E-state index contributed by atoms with van der Waals surface area (Å²) in [6.07, 6.45) is 2.59. The average Bonchev–Trinajstić information content (AvgIpc) is 2.65. The summed E-state index contributed by atoms with van der Waals surface area (Å²) < 4.78 is 4.87. The molecular weight excluding hydrogens is 302 g/mol. The van der Waals surface area contributed by atoms with Crippen LogP contribution >= 0.6 is 0 Å². The number of benzene rings is 2. The average molecular weight is 323 g/mol. The van der Waals surface area contributed by atoms with Crippen molar-refractivity contribution in [2.45, 2.75) is 12.8 Å². The minimum Gasteiger partial charge on any atom is -0.463 e. The van der Waals surface area contributed by atoms with E-state index in [4.69, 9.17) is 4.74 Å². The molecule has 124 valence electrons. The highest BCUT2D eigenvalue weighted by atomic mass is 16.5. The molecule has 1 N–H and O–H groups in total. The zero-order chi connectivity index (χ0) is 17.2. The number of rotatable bonds is 8. The van der Waals surface area contributed by atoms with Crippen LogP contribution in [0.4, 0.5) is 0 Å². The van der Waals surface area contributed by atoms with Gasteiger partial charge in [-0.1, -0.05) is 49.0 Å². The van der Waals surface area contributed by atoms with Crippen molar-refractivity contribution in [3.05, 3.63) is 72.8 Å².